The summed E-state index contributed by atoms with van der Waals surface area (Å²) in [6.45, 7) is -3.13. The predicted molar refractivity (Wildman–Crippen MR) is 276 cm³/mol. The molecule has 3 unspecified atom stereocenters. The predicted octanol–water partition coefficient (Wildman–Crippen LogP) is 2.55. The van der Waals surface area contributed by atoms with E-state index < -0.39 is 121 Å². The van der Waals surface area contributed by atoms with E-state index in [1.807, 2.05) is 0 Å². The van der Waals surface area contributed by atoms with Crippen LogP contribution in [0.5, 0.6) is 0 Å². The molecule has 0 spiro atoms. The van der Waals surface area contributed by atoms with Crippen LogP contribution in [0.1, 0.15) is 47.1 Å². The molecule has 0 aliphatic rings. The van der Waals surface area contributed by atoms with Crippen molar-refractivity contribution in [1.29, 1.82) is 0 Å². The zero-order valence-corrected chi connectivity index (χ0v) is 41.8. The number of non-ortho nitro benzene ring substituents is 1. The van der Waals surface area contributed by atoms with Gasteiger partial charge in [0.05, 0.1) is 43.8 Å². The Morgan fingerprint density at radius 3 is 1.22 bits per heavy atom. The molecule has 5 aromatic carbocycles. The van der Waals surface area contributed by atoms with Gasteiger partial charge in [0.25, 0.3) is 5.69 Å². The van der Waals surface area contributed by atoms with E-state index in [0.29, 0.717) is 27.8 Å². The third-order valence-electron chi connectivity index (χ3n) is 10.8. The second kappa shape index (κ2) is 31.6. The maximum Gasteiger partial charge on any atom is 0.329 e. The van der Waals surface area contributed by atoms with E-state index in [-0.39, 0.29) is 32.1 Å². The molecule has 0 saturated heterocycles. The molecule has 0 bridgehead atoms. The third kappa shape index (κ3) is 22.2. The lowest BCUT2D eigenvalue weighted by atomic mass is 10.1. The van der Waals surface area contributed by atoms with Crippen molar-refractivity contribution in [2.24, 2.45) is 0 Å². The summed E-state index contributed by atoms with van der Waals surface area (Å²) in [4.78, 5) is 142. The van der Waals surface area contributed by atoms with Crippen LogP contribution >= 0.6 is 0 Å². The van der Waals surface area contributed by atoms with E-state index >= 15 is 0 Å². The van der Waals surface area contributed by atoms with Crippen LogP contribution in [0.3, 0.4) is 0 Å². The lowest BCUT2D eigenvalue weighted by Crippen LogP contribution is -2.54. The molecule has 0 radical (unpaired) electrons. The second-order valence-corrected chi connectivity index (χ2v) is 16.8. The van der Waals surface area contributed by atoms with Crippen LogP contribution in [0.4, 0.5) is 5.69 Å². The van der Waals surface area contributed by atoms with Gasteiger partial charge < -0.3 is 50.8 Å². The first-order valence-corrected chi connectivity index (χ1v) is 24.0. The summed E-state index contributed by atoms with van der Waals surface area (Å²) in [6.07, 6.45) is 0.142. The average molecular weight is 1070 g/mol. The Morgan fingerprint density at radius 1 is 0.436 bits per heavy atom. The van der Waals surface area contributed by atoms with Gasteiger partial charge in [0.2, 0.25) is 35.4 Å². The molecule has 0 heterocycles. The monoisotopic (exact) mass is 1070 g/mol. The summed E-state index contributed by atoms with van der Waals surface area (Å²) in [5.41, 5.74) is 2.76. The van der Waals surface area contributed by atoms with Crippen LogP contribution in [0.25, 0.3) is 6.08 Å². The van der Waals surface area contributed by atoms with Gasteiger partial charge in [-0.1, -0.05) is 121 Å². The summed E-state index contributed by atoms with van der Waals surface area (Å²) in [6, 6.07) is 34.7. The lowest BCUT2D eigenvalue weighted by molar-refractivity contribution is -0.384. The minimum Gasteiger partial charge on any atom is -0.461 e. The molecule has 6 N–H and O–H groups in total. The zero-order valence-electron chi connectivity index (χ0n) is 41.8. The molecule has 0 saturated carbocycles. The Hall–Kier alpha value is -10.1. The number of carbonyl (C=O) groups is 10. The van der Waals surface area contributed by atoms with E-state index in [1.54, 1.807) is 121 Å². The van der Waals surface area contributed by atoms with Gasteiger partial charge in [0.1, 0.15) is 44.6 Å². The number of nitro benzene ring substituents is 1. The molecule has 23 heteroatoms. The summed E-state index contributed by atoms with van der Waals surface area (Å²) in [7, 11) is 0. The van der Waals surface area contributed by atoms with Crippen LogP contribution in [0.15, 0.2) is 152 Å². The number of hydrogen-bond acceptors (Lipinski definition) is 16. The van der Waals surface area contributed by atoms with Crippen molar-refractivity contribution in [1.82, 2.24) is 31.9 Å². The summed E-state index contributed by atoms with van der Waals surface area (Å²) in [5.74, 6) is -9.69. The smallest absolute Gasteiger partial charge is 0.329 e. The topological polar surface area (TPSA) is 323 Å². The van der Waals surface area contributed by atoms with E-state index in [1.165, 1.54) is 30.3 Å². The Balaban J connectivity index is 1.22. The number of hydrogen-bond donors (Lipinski definition) is 6. The highest BCUT2D eigenvalue weighted by Gasteiger charge is 2.30. The molecule has 6 amide bonds. The van der Waals surface area contributed by atoms with Crippen LogP contribution in [-0.2, 0) is 93.3 Å². The van der Waals surface area contributed by atoms with Crippen molar-refractivity contribution in [3.63, 3.8) is 0 Å². The van der Waals surface area contributed by atoms with Crippen molar-refractivity contribution in [3.8, 4) is 0 Å². The van der Waals surface area contributed by atoms with Crippen molar-refractivity contribution in [2.45, 2.75) is 63.8 Å². The van der Waals surface area contributed by atoms with Gasteiger partial charge >= 0.3 is 23.9 Å². The van der Waals surface area contributed by atoms with Gasteiger partial charge in [-0.15, -0.1) is 0 Å². The molecule has 0 aliphatic carbocycles. The fourth-order valence-electron chi connectivity index (χ4n) is 6.75. The number of rotatable bonds is 29. The number of amides is 6. The number of carbonyl (C=O) groups excluding carboxylic acids is 10. The largest absolute Gasteiger partial charge is 0.461 e. The molecule has 5 aromatic rings. The normalized spacial score (nSPS) is 11.7. The number of ether oxygens (including phenoxy) is 4. The van der Waals surface area contributed by atoms with Gasteiger partial charge in [0, 0.05) is 18.2 Å². The summed E-state index contributed by atoms with van der Waals surface area (Å²) >= 11 is 0. The molecule has 0 aromatic heterocycles. The number of nitrogens with zero attached hydrogens (tertiary/aromatic N) is 1. The van der Waals surface area contributed by atoms with E-state index in [0.717, 1.165) is 6.08 Å². The van der Waals surface area contributed by atoms with Crippen LogP contribution in [-0.4, -0.2) is 102 Å². The minimum atomic E-state index is -1.79. The Labute approximate surface area is 446 Å². The molecule has 5 rings (SSSR count). The zero-order chi connectivity index (χ0) is 56.1. The number of esters is 4. The van der Waals surface area contributed by atoms with E-state index in [9.17, 15) is 58.1 Å². The van der Waals surface area contributed by atoms with Gasteiger partial charge in [0.15, 0.2) is 0 Å². The van der Waals surface area contributed by atoms with Crippen molar-refractivity contribution in [3.05, 3.63) is 190 Å². The number of nitrogens with one attached hydrogen (secondary N) is 6. The first-order valence-electron chi connectivity index (χ1n) is 24.0. The highest BCUT2D eigenvalue weighted by atomic mass is 16.6. The van der Waals surface area contributed by atoms with Crippen molar-refractivity contribution >= 4 is 71.1 Å². The molecule has 23 nitrogen and oxygen atoms in total. The SMILES string of the molecule is O=C(/C=C/c1ccc([N+](=O)[O-])cc1)NCC(=O)NC(CC(=O)NCC(=O)NC(CC(=O)OCc1ccccc1)C(=O)OCc1ccccc1)C(=O)NCC(=O)NC(CC(=O)OCc1ccccc1)C(=O)OCc1ccccc1. The van der Waals surface area contributed by atoms with Gasteiger partial charge in [-0.05, 0) is 46.0 Å². The second-order valence-electron chi connectivity index (χ2n) is 16.8. The summed E-state index contributed by atoms with van der Waals surface area (Å²) in [5, 5.41) is 24.7. The maximum absolute atomic E-state index is 13.7. The average Bonchev–Trinajstić information content (AvgIpc) is 3.45. The highest BCUT2D eigenvalue weighted by molar-refractivity contribution is 5.98. The molecule has 0 aliphatic heterocycles. The molecule has 406 valence electrons. The van der Waals surface area contributed by atoms with E-state index in [4.69, 9.17) is 18.9 Å². The summed E-state index contributed by atoms with van der Waals surface area (Å²) < 4.78 is 21.3. The Morgan fingerprint density at radius 2 is 0.808 bits per heavy atom. The highest BCUT2D eigenvalue weighted by Crippen LogP contribution is 2.13. The van der Waals surface area contributed by atoms with Gasteiger partial charge in [-0.25, -0.2) is 9.59 Å². The lowest BCUT2D eigenvalue weighted by Gasteiger charge is -2.20. The third-order valence-corrected chi connectivity index (χ3v) is 10.8. The molecule has 78 heavy (non-hydrogen) atoms. The van der Waals surface area contributed by atoms with Gasteiger partial charge in [-0.2, -0.15) is 0 Å². The van der Waals surface area contributed by atoms with Crippen LogP contribution < -0.4 is 31.9 Å². The molecule has 0 fully saturated rings. The Bertz CT molecular complexity index is 2890. The first kappa shape index (κ1) is 58.8. The Kier molecular flexibility index (Phi) is 23.8. The van der Waals surface area contributed by atoms with Crippen LogP contribution in [0, 0.1) is 10.1 Å². The minimum absolute atomic E-state index is 0.129. The van der Waals surface area contributed by atoms with E-state index in [2.05, 4.69) is 31.9 Å². The standard InChI is InChI=1S/C55H55N7O16/c63-46(26-23-37-21-24-42(25-22-37)62(73)74)56-30-48(65)59-43(53(70)58-32-50(67)61-45(55(72)78-36-41-19-11-4-12-20-41)29-52(69)76-34-39-15-7-2-8-16-39)27-47(64)57-31-49(66)60-44(54(71)77-35-40-17-9-3-10-18-40)28-51(68)75-33-38-13-5-1-6-14-38/h1-26,43-45H,27-36H2,(H,56,63)(H,57,64)(H,58,70)(H,59,65)(H,60,66)(H,61,67)/b26-23+. The maximum atomic E-state index is 13.7. The number of benzene rings is 5. The van der Waals surface area contributed by atoms with Crippen molar-refractivity contribution < 1.29 is 71.8 Å². The van der Waals surface area contributed by atoms with Crippen LogP contribution in [0.2, 0.25) is 0 Å². The molecular weight excluding hydrogens is 1010 g/mol. The van der Waals surface area contributed by atoms with Crippen molar-refractivity contribution in [2.75, 3.05) is 19.6 Å². The fourth-order valence-corrected chi connectivity index (χ4v) is 6.75. The van der Waals surface area contributed by atoms with Gasteiger partial charge in [-0.3, -0.25) is 48.5 Å². The molecular formula is C55H55N7O16. The fraction of sp³-hybridized carbons (Fsp3) is 0.236. The quantitative estimate of drug-likeness (QED) is 0.0132. The molecule has 3 atom stereocenters. The first-order chi connectivity index (χ1) is 37.6. The number of nitro groups is 1.